The first-order chi connectivity index (χ1) is 10.7. The van der Waals surface area contributed by atoms with Gasteiger partial charge in [0.25, 0.3) is 0 Å². The van der Waals surface area contributed by atoms with Crippen LogP contribution in [0.3, 0.4) is 0 Å². The van der Waals surface area contributed by atoms with Crippen LogP contribution in [-0.2, 0) is 18.3 Å². The van der Waals surface area contributed by atoms with Gasteiger partial charge >= 0.3 is 8.56 Å². The van der Waals surface area contributed by atoms with Crippen LogP contribution < -0.4 is 0 Å². The maximum absolute atomic E-state index is 6.31. The van der Waals surface area contributed by atoms with Crippen molar-refractivity contribution in [3.8, 4) is 0 Å². The van der Waals surface area contributed by atoms with Crippen molar-refractivity contribution in [3.05, 3.63) is 0 Å². The molecule has 2 unspecified atom stereocenters. The van der Waals surface area contributed by atoms with Crippen molar-refractivity contribution in [1.82, 2.24) is 0 Å². The van der Waals surface area contributed by atoms with E-state index in [2.05, 4.69) is 27.7 Å². The summed E-state index contributed by atoms with van der Waals surface area (Å²) in [5.41, 5.74) is 0. The molecule has 0 aromatic heterocycles. The lowest BCUT2D eigenvalue weighted by Crippen LogP contribution is -2.43. The van der Waals surface area contributed by atoms with E-state index >= 15 is 0 Å². The summed E-state index contributed by atoms with van der Waals surface area (Å²) in [5.74, 6) is 0. The van der Waals surface area contributed by atoms with Gasteiger partial charge in [-0.1, -0.05) is 33.6 Å². The molecule has 1 aliphatic rings. The fourth-order valence-electron chi connectivity index (χ4n) is 2.42. The van der Waals surface area contributed by atoms with Gasteiger partial charge in [0.2, 0.25) is 0 Å². The Kier molecular flexibility index (Phi) is 10.6. The molecule has 0 aromatic rings. The molecule has 2 atom stereocenters. The fourth-order valence-corrected chi connectivity index (χ4v) is 6.22. The average Bonchev–Trinajstić information content (AvgIpc) is 3.36. The van der Waals surface area contributed by atoms with E-state index in [4.69, 9.17) is 18.3 Å². The van der Waals surface area contributed by atoms with Gasteiger partial charge in [-0.05, 0) is 38.3 Å². The van der Waals surface area contributed by atoms with Crippen molar-refractivity contribution in [1.29, 1.82) is 0 Å². The highest BCUT2D eigenvalue weighted by atomic mass is 28.4. The molecule has 0 bridgehead atoms. The Hall–Kier alpha value is 0.0569. The summed E-state index contributed by atoms with van der Waals surface area (Å²) in [5, 5.41) is 0. The maximum atomic E-state index is 6.31. The van der Waals surface area contributed by atoms with E-state index in [1.807, 2.05) is 0 Å². The van der Waals surface area contributed by atoms with Crippen LogP contribution in [0.25, 0.3) is 0 Å². The number of ether oxygens (including phenoxy) is 2. The minimum absolute atomic E-state index is 0.258. The minimum atomic E-state index is -2.07. The first kappa shape index (κ1) is 20.1. The van der Waals surface area contributed by atoms with Crippen LogP contribution in [0, 0.1) is 0 Å². The molecule has 132 valence electrons. The zero-order valence-electron chi connectivity index (χ0n) is 15.1. The zero-order valence-corrected chi connectivity index (χ0v) is 16.1. The standard InChI is InChI=1S/C17H36O4Si/c1-5-8-12-22(20-10-6-2,21-11-7-3)13-9-16(4)18-14-17-15-19-17/h16-17H,5-15H2,1-4H3. The maximum Gasteiger partial charge on any atom is 0.338 e. The van der Waals surface area contributed by atoms with Crippen molar-refractivity contribution >= 4 is 8.56 Å². The summed E-state index contributed by atoms with van der Waals surface area (Å²) < 4.78 is 23.7. The molecule has 1 saturated heterocycles. The Labute approximate surface area is 138 Å². The van der Waals surface area contributed by atoms with Crippen LogP contribution in [0.15, 0.2) is 0 Å². The van der Waals surface area contributed by atoms with Crippen LogP contribution in [-0.4, -0.2) is 47.2 Å². The smallest absolute Gasteiger partial charge is 0.338 e. The van der Waals surface area contributed by atoms with Gasteiger partial charge in [0.15, 0.2) is 0 Å². The van der Waals surface area contributed by atoms with Gasteiger partial charge in [-0.15, -0.1) is 0 Å². The number of rotatable bonds is 15. The lowest BCUT2D eigenvalue weighted by molar-refractivity contribution is 0.0493. The Balaban J connectivity index is 2.46. The van der Waals surface area contributed by atoms with Gasteiger partial charge in [0.05, 0.1) is 19.3 Å². The number of epoxide rings is 1. The molecule has 5 heteroatoms. The zero-order chi connectivity index (χ0) is 16.3. The van der Waals surface area contributed by atoms with Gasteiger partial charge in [-0.3, -0.25) is 0 Å². The first-order valence-corrected chi connectivity index (χ1v) is 11.4. The third-order valence-corrected chi connectivity index (χ3v) is 7.58. The molecule has 4 nitrogen and oxygen atoms in total. The van der Waals surface area contributed by atoms with Crippen LogP contribution in [0.2, 0.25) is 12.1 Å². The second kappa shape index (κ2) is 11.6. The third-order valence-electron chi connectivity index (χ3n) is 3.95. The Morgan fingerprint density at radius 1 is 1.05 bits per heavy atom. The van der Waals surface area contributed by atoms with E-state index in [0.29, 0.717) is 6.10 Å². The van der Waals surface area contributed by atoms with Crippen LogP contribution >= 0.6 is 0 Å². The predicted octanol–water partition coefficient (Wildman–Crippen LogP) is 4.28. The molecular formula is C17H36O4Si. The molecule has 0 amide bonds. The van der Waals surface area contributed by atoms with E-state index in [1.54, 1.807) is 0 Å². The molecule has 1 rings (SSSR count). The molecule has 1 heterocycles. The minimum Gasteiger partial charge on any atom is -0.394 e. The molecule has 0 spiro atoms. The third kappa shape index (κ3) is 8.63. The topological polar surface area (TPSA) is 40.2 Å². The van der Waals surface area contributed by atoms with E-state index in [0.717, 1.165) is 57.8 Å². The quantitative estimate of drug-likeness (QED) is 0.331. The lowest BCUT2D eigenvalue weighted by atomic mass is 10.3. The van der Waals surface area contributed by atoms with Crippen molar-refractivity contribution in [2.75, 3.05) is 26.4 Å². The average molecular weight is 333 g/mol. The summed E-state index contributed by atoms with van der Waals surface area (Å²) in [6.07, 6.45) is 6.14. The SMILES string of the molecule is CCCC[Si](CCC(C)OCC1CO1)(OCCC)OCCC. The predicted molar refractivity (Wildman–Crippen MR) is 92.5 cm³/mol. The van der Waals surface area contributed by atoms with E-state index in [9.17, 15) is 0 Å². The largest absolute Gasteiger partial charge is 0.394 e. The summed E-state index contributed by atoms with van der Waals surface area (Å²) in [6, 6.07) is 2.15. The summed E-state index contributed by atoms with van der Waals surface area (Å²) in [4.78, 5) is 0. The molecular weight excluding hydrogens is 296 g/mol. The Morgan fingerprint density at radius 2 is 1.68 bits per heavy atom. The van der Waals surface area contributed by atoms with Crippen molar-refractivity contribution in [2.45, 2.75) is 84.1 Å². The molecule has 1 fully saturated rings. The van der Waals surface area contributed by atoms with Crippen molar-refractivity contribution in [3.63, 3.8) is 0 Å². The fraction of sp³-hybridized carbons (Fsp3) is 1.00. The lowest BCUT2D eigenvalue weighted by Gasteiger charge is -2.32. The molecule has 0 radical (unpaired) electrons. The van der Waals surface area contributed by atoms with E-state index < -0.39 is 8.56 Å². The van der Waals surface area contributed by atoms with Crippen molar-refractivity contribution < 1.29 is 18.3 Å². The number of hydrogen-bond donors (Lipinski definition) is 0. The normalized spacial score (nSPS) is 19.4. The Morgan fingerprint density at radius 3 is 2.18 bits per heavy atom. The summed E-state index contributed by atoms with van der Waals surface area (Å²) in [7, 11) is -2.07. The highest BCUT2D eigenvalue weighted by Gasteiger charge is 2.37. The van der Waals surface area contributed by atoms with Gasteiger partial charge in [0, 0.05) is 13.2 Å². The van der Waals surface area contributed by atoms with Crippen LogP contribution in [0.1, 0.15) is 59.8 Å². The van der Waals surface area contributed by atoms with Gasteiger partial charge in [0.1, 0.15) is 6.10 Å². The van der Waals surface area contributed by atoms with E-state index in [-0.39, 0.29) is 6.10 Å². The highest BCUT2D eigenvalue weighted by Crippen LogP contribution is 2.26. The van der Waals surface area contributed by atoms with Crippen LogP contribution in [0.4, 0.5) is 0 Å². The molecule has 1 aliphatic heterocycles. The summed E-state index contributed by atoms with van der Waals surface area (Å²) in [6.45, 7) is 12.0. The van der Waals surface area contributed by atoms with E-state index in [1.165, 1.54) is 12.8 Å². The second-order valence-electron chi connectivity index (χ2n) is 6.35. The first-order valence-electron chi connectivity index (χ1n) is 9.16. The number of unbranched alkanes of at least 4 members (excludes halogenated alkanes) is 1. The molecule has 0 aliphatic carbocycles. The molecule has 0 aromatic carbocycles. The van der Waals surface area contributed by atoms with Gasteiger partial charge in [-0.2, -0.15) is 0 Å². The number of hydrogen-bond acceptors (Lipinski definition) is 4. The molecule has 22 heavy (non-hydrogen) atoms. The van der Waals surface area contributed by atoms with Crippen LogP contribution in [0.5, 0.6) is 0 Å². The highest BCUT2D eigenvalue weighted by molar-refractivity contribution is 6.67. The summed E-state index contributed by atoms with van der Waals surface area (Å²) >= 11 is 0. The van der Waals surface area contributed by atoms with Gasteiger partial charge in [-0.25, -0.2) is 0 Å². The monoisotopic (exact) mass is 332 g/mol. The second-order valence-corrected chi connectivity index (χ2v) is 9.75. The Bertz CT molecular complexity index is 250. The van der Waals surface area contributed by atoms with Gasteiger partial charge < -0.3 is 18.3 Å². The molecule has 0 N–H and O–H groups in total. The molecule has 0 saturated carbocycles. The van der Waals surface area contributed by atoms with Crippen molar-refractivity contribution in [2.24, 2.45) is 0 Å².